The van der Waals surface area contributed by atoms with Gasteiger partial charge in [0, 0.05) is 37.3 Å². The highest BCUT2D eigenvalue weighted by Crippen LogP contribution is 2.19. The molecule has 0 radical (unpaired) electrons. The molecule has 0 bridgehead atoms. The first-order chi connectivity index (χ1) is 22.6. The molecule has 0 aliphatic rings. The third-order valence-electron chi connectivity index (χ3n) is 7.45. The molecule has 0 fully saturated rings. The molecule has 0 aliphatic carbocycles. The maximum atomic E-state index is 13.7. The number of carbonyl (C=O) groups is 2. The number of amides is 2. The normalized spacial score (nSPS) is 13.2. The molecule has 262 valence electrons. The van der Waals surface area contributed by atoms with Crippen molar-refractivity contribution in [2.75, 3.05) is 26.2 Å². The summed E-state index contributed by atoms with van der Waals surface area (Å²) in [5.74, 6) is -1.52. The van der Waals surface area contributed by atoms with Gasteiger partial charge >= 0.3 is 0 Å². The van der Waals surface area contributed by atoms with E-state index in [9.17, 15) is 36.6 Å². The number of aliphatic hydroxyl groups is 1. The summed E-state index contributed by atoms with van der Waals surface area (Å²) in [7, 11) is -8.17. The zero-order valence-corrected chi connectivity index (χ0v) is 29.0. The Morgan fingerprint density at radius 1 is 0.854 bits per heavy atom. The van der Waals surface area contributed by atoms with E-state index in [-0.39, 0.29) is 42.1 Å². The van der Waals surface area contributed by atoms with Crippen molar-refractivity contribution in [3.63, 3.8) is 0 Å². The number of nitrogens with zero attached hydrogens (tertiary/aromatic N) is 2. The second-order valence-electron chi connectivity index (χ2n) is 11.5. The van der Waals surface area contributed by atoms with E-state index in [0.29, 0.717) is 37.1 Å². The number of carbonyl (C=O) groups excluding carboxylic acids is 2. The molecule has 3 aromatic rings. The Morgan fingerprint density at radius 3 is 2.02 bits per heavy atom. The van der Waals surface area contributed by atoms with E-state index in [0.717, 1.165) is 12.1 Å². The molecule has 2 amide bonds. The standard InChI is InChI=1S/C33H45N5O8S2/c1-4-16-37(17-5-2)33(42)27-19-26(20-29(21-27)48(34,45)46)32(41)35-30(18-24-12-14-28(39)15-13-24)31(40)22-38(6-3)36-47(43,44)23-25-10-8-7-9-11-25/h7-15,19-21,30-31,36,39-40H,4-6,16-18,22-23H2,1-3H3,(H,35,41)(H2,34,45,46). The predicted molar refractivity (Wildman–Crippen MR) is 183 cm³/mol. The van der Waals surface area contributed by atoms with Gasteiger partial charge in [0.15, 0.2) is 0 Å². The lowest BCUT2D eigenvalue weighted by Crippen LogP contribution is -2.53. The first-order valence-electron chi connectivity index (χ1n) is 15.7. The van der Waals surface area contributed by atoms with Crippen LogP contribution in [0.3, 0.4) is 0 Å². The quantitative estimate of drug-likeness (QED) is 0.123. The van der Waals surface area contributed by atoms with Crippen LogP contribution in [0, 0.1) is 0 Å². The summed E-state index contributed by atoms with van der Waals surface area (Å²) >= 11 is 0. The monoisotopic (exact) mass is 703 g/mol. The smallest absolute Gasteiger partial charge is 0.253 e. The zero-order valence-electron chi connectivity index (χ0n) is 27.4. The van der Waals surface area contributed by atoms with Gasteiger partial charge in [-0.1, -0.05) is 63.2 Å². The molecule has 3 aromatic carbocycles. The highest BCUT2D eigenvalue weighted by Gasteiger charge is 2.28. The highest BCUT2D eigenvalue weighted by molar-refractivity contribution is 7.89. The summed E-state index contributed by atoms with van der Waals surface area (Å²) in [4.78, 5) is 30.7. The summed E-state index contributed by atoms with van der Waals surface area (Å²) in [6.07, 6.45) is 0.0571. The minimum Gasteiger partial charge on any atom is -0.508 e. The Labute approximate surface area is 282 Å². The molecule has 48 heavy (non-hydrogen) atoms. The van der Waals surface area contributed by atoms with E-state index in [2.05, 4.69) is 10.1 Å². The van der Waals surface area contributed by atoms with Crippen molar-refractivity contribution in [3.8, 4) is 5.75 Å². The van der Waals surface area contributed by atoms with Crippen LogP contribution in [-0.2, 0) is 32.2 Å². The summed E-state index contributed by atoms with van der Waals surface area (Å²) in [6.45, 7) is 6.32. The Kier molecular flexibility index (Phi) is 14.1. The van der Waals surface area contributed by atoms with Gasteiger partial charge in [0.1, 0.15) is 5.75 Å². The third kappa shape index (κ3) is 11.7. The fraction of sp³-hybridized carbons (Fsp3) is 0.394. The number of phenols is 1. The van der Waals surface area contributed by atoms with Gasteiger partial charge in [-0.15, -0.1) is 4.83 Å². The lowest BCUT2D eigenvalue weighted by molar-refractivity contribution is 0.0634. The highest BCUT2D eigenvalue weighted by atomic mass is 32.2. The molecule has 6 N–H and O–H groups in total. The number of hydrazine groups is 1. The molecule has 0 spiro atoms. The minimum atomic E-state index is -4.32. The molecule has 0 aromatic heterocycles. The van der Waals surface area contributed by atoms with E-state index >= 15 is 0 Å². The molecular weight excluding hydrogens is 659 g/mol. The number of aliphatic hydroxyl groups excluding tert-OH is 1. The lowest BCUT2D eigenvalue weighted by atomic mass is 10.00. The number of likely N-dealkylation sites (N-methyl/N-ethyl adjacent to an activating group) is 1. The van der Waals surface area contributed by atoms with Crippen LogP contribution in [0.4, 0.5) is 0 Å². The fourth-order valence-electron chi connectivity index (χ4n) is 5.08. The number of nitrogens with two attached hydrogens (primary N) is 1. The van der Waals surface area contributed by atoms with E-state index in [1.165, 1.54) is 23.2 Å². The van der Waals surface area contributed by atoms with Crippen molar-refractivity contribution in [3.05, 3.63) is 95.1 Å². The van der Waals surface area contributed by atoms with Gasteiger partial charge < -0.3 is 20.4 Å². The van der Waals surface area contributed by atoms with Crippen LogP contribution < -0.4 is 15.3 Å². The molecule has 2 atom stereocenters. The molecule has 15 heteroatoms. The van der Waals surface area contributed by atoms with Crippen molar-refractivity contribution in [2.24, 2.45) is 5.14 Å². The van der Waals surface area contributed by atoms with Crippen LogP contribution in [0.15, 0.2) is 77.7 Å². The zero-order chi connectivity index (χ0) is 35.5. The average Bonchev–Trinajstić information content (AvgIpc) is 3.04. The van der Waals surface area contributed by atoms with Crippen LogP contribution >= 0.6 is 0 Å². The number of phenolic OH excluding ortho intramolecular Hbond substituents is 1. The van der Waals surface area contributed by atoms with Gasteiger partial charge in [-0.05, 0) is 60.7 Å². The SMILES string of the molecule is CCCN(CCC)C(=O)c1cc(C(=O)NC(Cc2ccc(O)cc2)C(O)CN(CC)NS(=O)(=O)Cc2ccccc2)cc(S(N)(=O)=O)c1. The fourth-order valence-corrected chi connectivity index (χ4v) is 6.96. The Balaban J connectivity index is 1.92. The van der Waals surface area contributed by atoms with Crippen molar-refractivity contribution in [1.29, 1.82) is 0 Å². The Hall–Kier alpha value is -3.86. The average molecular weight is 704 g/mol. The number of nitrogens with one attached hydrogen (secondary N) is 2. The molecule has 2 unspecified atom stereocenters. The minimum absolute atomic E-state index is 0.0158. The van der Waals surface area contributed by atoms with Gasteiger partial charge in [-0.25, -0.2) is 27.0 Å². The Bertz CT molecular complexity index is 1730. The third-order valence-corrected chi connectivity index (χ3v) is 9.59. The van der Waals surface area contributed by atoms with Crippen LogP contribution in [-0.4, -0.2) is 87.1 Å². The molecular formula is C33H45N5O8S2. The van der Waals surface area contributed by atoms with Crippen molar-refractivity contribution in [2.45, 2.75) is 62.8 Å². The van der Waals surface area contributed by atoms with Crippen molar-refractivity contribution < 1.29 is 36.6 Å². The van der Waals surface area contributed by atoms with Gasteiger partial charge in [-0.2, -0.15) is 0 Å². The number of hydrogen-bond acceptors (Lipinski definition) is 9. The molecule has 0 saturated heterocycles. The van der Waals surface area contributed by atoms with Crippen molar-refractivity contribution >= 4 is 31.9 Å². The molecule has 3 rings (SSSR count). The summed E-state index contributed by atoms with van der Waals surface area (Å²) in [5.41, 5.74) is 1.01. The number of hydrogen-bond donors (Lipinski definition) is 5. The summed E-state index contributed by atoms with van der Waals surface area (Å²) in [6, 6.07) is 17.2. The first kappa shape index (κ1) is 38.6. The van der Waals surface area contributed by atoms with Gasteiger partial charge in [-0.3, -0.25) is 9.59 Å². The summed E-state index contributed by atoms with van der Waals surface area (Å²) < 4.78 is 50.6. The second-order valence-corrected chi connectivity index (χ2v) is 14.7. The number of primary sulfonamides is 1. The van der Waals surface area contributed by atoms with Crippen LogP contribution in [0.25, 0.3) is 0 Å². The van der Waals surface area contributed by atoms with Crippen LogP contribution in [0.5, 0.6) is 5.75 Å². The largest absolute Gasteiger partial charge is 0.508 e. The second kappa shape index (κ2) is 17.5. The first-order valence-corrected chi connectivity index (χ1v) is 18.9. The Morgan fingerprint density at radius 2 is 1.46 bits per heavy atom. The van der Waals surface area contributed by atoms with Crippen molar-refractivity contribution in [1.82, 2.24) is 20.1 Å². The number of aromatic hydroxyl groups is 1. The number of rotatable bonds is 18. The van der Waals surface area contributed by atoms with E-state index in [1.54, 1.807) is 54.3 Å². The van der Waals surface area contributed by atoms with E-state index < -0.39 is 48.9 Å². The van der Waals surface area contributed by atoms with Gasteiger partial charge in [0.2, 0.25) is 20.0 Å². The number of benzene rings is 3. The predicted octanol–water partition coefficient (Wildman–Crippen LogP) is 2.36. The van der Waals surface area contributed by atoms with Crippen LogP contribution in [0.1, 0.15) is 65.5 Å². The summed E-state index contributed by atoms with van der Waals surface area (Å²) in [5, 5.41) is 30.6. The topological polar surface area (TPSA) is 199 Å². The number of sulfonamides is 2. The lowest BCUT2D eigenvalue weighted by Gasteiger charge is -2.30. The maximum absolute atomic E-state index is 13.7. The molecule has 0 saturated carbocycles. The maximum Gasteiger partial charge on any atom is 0.253 e. The van der Waals surface area contributed by atoms with E-state index in [1.807, 2.05) is 13.8 Å². The molecule has 0 aliphatic heterocycles. The van der Waals surface area contributed by atoms with E-state index in [4.69, 9.17) is 5.14 Å². The molecule has 13 nitrogen and oxygen atoms in total. The van der Waals surface area contributed by atoms with Crippen LogP contribution in [0.2, 0.25) is 0 Å². The van der Waals surface area contributed by atoms with Gasteiger partial charge in [0.25, 0.3) is 11.8 Å². The molecule has 0 heterocycles. The van der Waals surface area contributed by atoms with Gasteiger partial charge in [0.05, 0.1) is 22.8 Å².